The van der Waals surface area contributed by atoms with E-state index in [-0.39, 0.29) is 25.0 Å². The van der Waals surface area contributed by atoms with Gasteiger partial charge in [0.15, 0.2) is 0 Å². The lowest BCUT2D eigenvalue weighted by Gasteiger charge is -2.46. The van der Waals surface area contributed by atoms with Crippen molar-refractivity contribution in [3.05, 3.63) is 41.2 Å². The molecule has 31 heavy (non-hydrogen) atoms. The second-order valence-electron chi connectivity index (χ2n) is 8.49. The Labute approximate surface area is 179 Å². The van der Waals surface area contributed by atoms with Gasteiger partial charge in [0.05, 0.1) is 19.9 Å². The molecule has 3 heterocycles. The van der Waals surface area contributed by atoms with Crippen LogP contribution in [0.1, 0.15) is 44.6 Å². The van der Waals surface area contributed by atoms with Gasteiger partial charge in [-0.25, -0.2) is 4.79 Å². The minimum Gasteiger partial charge on any atom is -0.480 e. The third-order valence-corrected chi connectivity index (χ3v) is 6.66. The molecule has 1 aromatic heterocycles. The number of rotatable bonds is 3. The number of nitrogens with zero attached hydrogens (tertiary/aromatic N) is 2. The summed E-state index contributed by atoms with van der Waals surface area (Å²) in [6.07, 6.45) is 4.18. The predicted octanol–water partition coefficient (Wildman–Crippen LogP) is 4.54. The van der Waals surface area contributed by atoms with E-state index in [9.17, 15) is 18.0 Å². The van der Waals surface area contributed by atoms with Crippen LogP contribution < -0.4 is 4.74 Å². The molecule has 0 amide bonds. The van der Waals surface area contributed by atoms with Crippen LogP contribution in [0.4, 0.5) is 13.2 Å². The van der Waals surface area contributed by atoms with E-state index in [0.29, 0.717) is 30.6 Å². The van der Waals surface area contributed by atoms with Crippen LogP contribution in [0.3, 0.4) is 0 Å². The Hall–Kier alpha value is -2.35. The van der Waals surface area contributed by atoms with Crippen LogP contribution in [0, 0.1) is 5.92 Å². The maximum Gasteiger partial charge on any atom is 0.401 e. The molecule has 0 saturated carbocycles. The van der Waals surface area contributed by atoms with Gasteiger partial charge in [0, 0.05) is 48.8 Å². The van der Waals surface area contributed by atoms with E-state index >= 15 is 0 Å². The molecule has 1 spiro atoms. The van der Waals surface area contributed by atoms with Crippen LogP contribution in [-0.2, 0) is 9.53 Å². The fourth-order valence-electron chi connectivity index (χ4n) is 5.11. The molecule has 1 aliphatic carbocycles. The molecule has 0 aromatic carbocycles. The first-order valence-corrected chi connectivity index (χ1v) is 10.7. The summed E-state index contributed by atoms with van der Waals surface area (Å²) in [5.41, 5.74) is 2.83. The van der Waals surface area contributed by atoms with Crippen LogP contribution in [0.5, 0.6) is 5.75 Å². The molecule has 1 atom stereocenters. The smallest absolute Gasteiger partial charge is 0.401 e. The highest BCUT2D eigenvalue weighted by atomic mass is 19.4. The highest BCUT2D eigenvalue weighted by Crippen LogP contribution is 2.51. The number of fused-ring (bicyclic) bond motifs is 3. The molecule has 1 fully saturated rings. The summed E-state index contributed by atoms with van der Waals surface area (Å²) in [7, 11) is 1.37. The highest BCUT2D eigenvalue weighted by Gasteiger charge is 2.47. The van der Waals surface area contributed by atoms with E-state index in [1.807, 2.05) is 12.1 Å². The van der Waals surface area contributed by atoms with E-state index in [2.05, 4.69) is 11.9 Å². The van der Waals surface area contributed by atoms with Crippen LogP contribution >= 0.6 is 0 Å². The number of allylic oxidation sites excluding steroid dienone is 1. The molecule has 0 N–H and O–H groups in total. The molecule has 8 heteroatoms. The molecule has 1 unspecified atom stereocenters. The van der Waals surface area contributed by atoms with E-state index < -0.39 is 18.3 Å². The topological polar surface area (TPSA) is 51.7 Å². The Balaban J connectivity index is 1.80. The van der Waals surface area contributed by atoms with Gasteiger partial charge in [-0.3, -0.25) is 9.88 Å². The number of esters is 1. The van der Waals surface area contributed by atoms with Crippen LogP contribution in [0.2, 0.25) is 0 Å². The van der Waals surface area contributed by atoms with Gasteiger partial charge >= 0.3 is 12.1 Å². The lowest BCUT2D eigenvalue weighted by Crippen LogP contribution is -2.52. The summed E-state index contributed by atoms with van der Waals surface area (Å²) in [6, 6.07) is 1.93. The predicted molar refractivity (Wildman–Crippen MR) is 109 cm³/mol. The number of ether oxygens (including phenoxy) is 2. The second kappa shape index (κ2) is 8.30. The van der Waals surface area contributed by atoms with Crippen molar-refractivity contribution in [2.24, 2.45) is 5.92 Å². The Bertz CT molecular complexity index is 915. The van der Waals surface area contributed by atoms with Crippen molar-refractivity contribution >= 4 is 11.5 Å². The van der Waals surface area contributed by atoms with Gasteiger partial charge in [0.25, 0.3) is 0 Å². The molecule has 4 rings (SSSR count). The highest BCUT2D eigenvalue weighted by molar-refractivity contribution is 5.91. The van der Waals surface area contributed by atoms with Crippen LogP contribution in [0.15, 0.2) is 35.7 Å². The average molecular weight is 436 g/mol. The van der Waals surface area contributed by atoms with Crippen molar-refractivity contribution in [2.45, 2.75) is 50.8 Å². The van der Waals surface area contributed by atoms with Gasteiger partial charge in [-0.15, -0.1) is 0 Å². The van der Waals surface area contributed by atoms with Gasteiger partial charge in [0.2, 0.25) is 0 Å². The van der Waals surface area contributed by atoms with E-state index in [1.165, 1.54) is 12.0 Å². The molecular weight excluding hydrogens is 409 g/mol. The molecule has 0 bridgehead atoms. The molecule has 168 valence electrons. The normalized spacial score (nSPS) is 23.4. The third kappa shape index (κ3) is 4.22. The summed E-state index contributed by atoms with van der Waals surface area (Å²) >= 11 is 0. The number of hydrogen-bond acceptors (Lipinski definition) is 5. The third-order valence-electron chi connectivity index (χ3n) is 6.66. The molecule has 1 saturated heterocycles. The number of carbonyl (C=O) groups excluding carboxylic acids is 1. The Morgan fingerprint density at radius 3 is 2.74 bits per heavy atom. The summed E-state index contributed by atoms with van der Waals surface area (Å²) in [5.74, 6) is 0.510. The second-order valence-corrected chi connectivity index (χ2v) is 8.49. The van der Waals surface area contributed by atoms with Crippen LogP contribution in [-0.4, -0.2) is 54.4 Å². The van der Waals surface area contributed by atoms with Crippen molar-refractivity contribution in [3.63, 3.8) is 0 Å². The first-order chi connectivity index (χ1) is 14.8. The minimum atomic E-state index is -4.23. The number of pyridine rings is 1. The van der Waals surface area contributed by atoms with Gasteiger partial charge in [-0.05, 0) is 42.9 Å². The fraction of sp³-hybridized carbons (Fsp3) is 0.565. The average Bonchev–Trinajstić information content (AvgIpc) is 2.94. The zero-order chi connectivity index (χ0) is 22.2. The number of alkyl halides is 3. The molecular formula is C23H27F3N2O3. The van der Waals surface area contributed by atoms with Crippen LogP contribution in [0.25, 0.3) is 5.57 Å². The summed E-state index contributed by atoms with van der Waals surface area (Å²) in [4.78, 5) is 18.1. The molecule has 2 aliphatic heterocycles. The minimum absolute atomic E-state index is 0.212. The number of methoxy groups -OCH3 is 1. The maximum absolute atomic E-state index is 12.9. The SMILES string of the molecule is CCC1CCC(C(=O)OC)=CC2=C1c1ccncc1OC21CCN(CC(F)(F)F)CC1. The monoisotopic (exact) mass is 436 g/mol. The maximum atomic E-state index is 12.9. The zero-order valence-electron chi connectivity index (χ0n) is 17.8. The Morgan fingerprint density at radius 1 is 1.35 bits per heavy atom. The van der Waals surface area contributed by atoms with Gasteiger partial charge < -0.3 is 9.47 Å². The van der Waals surface area contributed by atoms with Crippen molar-refractivity contribution < 1.29 is 27.4 Å². The number of carbonyl (C=O) groups is 1. The number of hydrogen-bond donors (Lipinski definition) is 0. The molecule has 0 radical (unpaired) electrons. The molecule has 1 aromatic rings. The lowest BCUT2D eigenvalue weighted by atomic mass is 9.74. The van der Waals surface area contributed by atoms with Crippen molar-refractivity contribution in [3.8, 4) is 5.75 Å². The van der Waals surface area contributed by atoms with Crippen molar-refractivity contribution in [2.75, 3.05) is 26.7 Å². The van der Waals surface area contributed by atoms with Gasteiger partial charge in [-0.1, -0.05) is 6.92 Å². The summed E-state index contributed by atoms with van der Waals surface area (Å²) in [6.45, 7) is 1.73. The van der Waals surface area contributed by atoms with Crippen molar-refractivity contribution in [1.29, 1.82) is 0 Å². The van der Waals surface area contributed by atoms with E-state index in [0.717, 1.165) is 29.6 Å². The van der Waals surface area contributed by atoms with Crippen molar-refractivity contribution in [1.82, 2.24) is 9.88 Å². The standard InChI is InChI=1S/C23H27F3N2O3/c1-3-15-4-5-16(21(29)30-2)12-18-20(15)17-6-9-27-13-19(17)31-22(18)7-10-28(11-8-22)14-23(24,25)26/h6,9,12-13,15H,3-5,7-8,10-11,14H2,1-2H3. The molecule has 5 nitrogen and oxygen atoms in total. The first kappa shape index (κ1) is 21.9. The number of halogens is 3. The quantitative estimate of drug-likeness (QED) is 0.651. The number of likely N-dealkylation sites (tertiary alicyclic amines) is 1. The van der Waals surface area contributed by atoms with E-state index in [4.69, 9.17) is 9.47 Å². The fourth-order valence-corrected chi connectivity index (χ4v) is 5.11. The summed E-state index contributed by atoms with van der Waals surface area (Å²) in [5, 5.41) is 0. The van der Waals surface area contributed by atoms with Gasteiger partial charge in [0.1, 0.15) is 11.4 Å². The summed E-state index contributed by atoms with van der Waals surface area (Å²) < 4.78 is 50.2. The number of piperidine rings is 1. The zero-order valence-corrected chi connectivity index (χ0v) is 17.8. The van der Waals surface area contributed by atoms with Gasteiger partial charge in [-0.2, -0.15) is 13.2 Å². The lowest BCUT2D eigenvalue weighted by molar-refractivity contribution is -0.151. The Kier molecular flexibility index (Phi) is 5.85. The largest absolute Gasteiger partial charge is 0.480 e. The molecule has 3 aliphatic rings. The van der Waals surface area contributed by atoms with E-state index in [1.54, 1.807) is 12.4 Å². The first-order valence-electron chi connectivity index (χ1n) is 10.7. The Morgan fingerprint density at radius 2 is 2.10 bits per heavy atom. The number of aromatic nitrogens is 1.